The Bertz CT molecular complexity index is 1680. The number of carbonyl (C=O) groups is 5. The molecule has 42 heavy (non-hydrogen) atoms. The van der Waals surface area contributed by atoms with E-state index in [1.54, 1.807) is 97.1 Å². The minimum absolute atomic E-state index is 0.247. The molecule has 0 aliphatic carbocycles. The van der Waals surface area contributed by atoms with Gasteiger partial charge in [-0.15, -0.1) is 0 Å². The van der Waals surface area contributed by atoms with E-state index in [4.69, 9.17) is 9.47 Å². The second-order valence-electron chi connectivity index (χ2n) is 9.60. The fourth-order valence-electron chi connectivity index (χ4n) is 4.87. The molecule has 4 amide bonds. The standard InChI is InChI=1S/C32H22N2O8/c35-27(17-33-29(37)23-5-1-2-6-24(23)30(33)38)41-21-13-9-19(10-14-21)20-11-15-22(16-12-20)42-28(36)18-34-31(39)25-7-3-4-8-26(25)32(34)40/h1-16,27,35H,17-18H2. The highest BCUT2D eigenvalue weighted by Gasteiger charge is 2.37. The molecule has 2 aliphatic rings. The van der Waals surface area contributed by atoms with Gasteiger partial charge in [0.25, 0.3) is 23.6 Å². The molecule has 10 nitrogen and oxygen atoms in total. The number of imide groups is 2. The number of ether oxygens (including phenoxy) is 2. The van der Waals surface area contributed by atoms with E-state index in [9.17, 15) is 29.1 Å². The van der Waals surface area contributed by atoms with Gasteiger partial charge in [0.15, 0.2) is 0 Å². The van der Waals surface area contributed by atoms with Crippen LogP contribution in [0, 0.1) is 0 Å². The minimum atomic E-state index is -1.42. The monoisotopic (exact) mass is 562 g/mol. The van der Waals surface area contributed by atoms with Crippen molar-refractivity contribution in [3.05, 3.63) is 119 Å². The van der Waals surface area contributed by atoms with Crippen LogP contribution in [0.4, 0.5) is 0 Å². The first-order valence-electron chi connectivity index (χ1n) is 13.0. The van der Waals surface area contributed by atoms with E-state index in [0.29, 0.717) is 16.9 Å². The maximum absolute atomic E-state index is 12.5. The maximum atomic E-state index is 12.5. The van der Waals surface area contributed by atoms with E-state index in [2.05, 4.69) is 0 Å². The molecule has 0 aromatic heterocycles. The van der Waals surface area contributed by atoms with Crippen molar-refractivity contribution in [1.29, 1.82) is 0 Å². The first-order valence-corrected chi connectivity index (χ1v) is 13.0. The highest BCUT2D eigenvalue weighted by atomic mass is 16.6. The van der Waals surface area contributed by atoms with Crippen molar-refractivity contribution < 1.29 is 38.6 Å². The second kappa shape index (κ2) is 10.8. The van der Waals surface area contributed by atoms with Crippen molar-refractivity contribution in [3.63, 3.8) is 0 Å². The van der Waals surface area contributed by atoms with Crippen molar-refractivity contribution in [2.24, 2.45) is 0 Å². The molecule has 0 bridgehead atoms. The Balaban J connectivity index is 1.03. The number of fused-ring (bicyclic) bond motifs is 2. The first-order chi connectivity index (χ1) is 20.3. The molecule has 0 saturated heterocycles. The van der Waals surface area contributed by atoms with Crippen LogP contribution in [0.25, 0.3) is 11.1 Å². The van der Waals surface area contributed by atoms with Gasteiger partial charge in [-0.2, -0.15) is 0 Å². The molecule has 2 aliphatic heterocycles. The van der Waals surface area contributed by atoms with E-state index >= 15 is 0 Å². The van der Waals surface area contributed by atoms with Gasteiger partial charge in [-0.1, -0.05) is 48.5 Å². The molecular weight excluding hydrogens is 540 g/mol. The van der Waals surface area contributed by atoms with Gasteiger partial charge in [-0.05, 0) is 59.7 Å². The van der Waals surface area contributed by atoms with Crippen molar-refractivity contribution >= 4 is 29.6 Å². The average Bonchev–Trinajstić information content (AvgIpc) is 3.38. The lowest BCUT2D eigenvalue weighted by molar-refractivity contribution is -0.134. The van der Waals surface area contributed by atoms with Crippen molar-refractivity contribution in [2.45, 2.75) is 6.29 Å². The highest BCUT2D eigenvalue weighted by molar-refractivity contribution is 6.22. The van der Waals surface area contributed by atoms with Gasteiger partial charge >= 0.3 is 5.97 Å². The molecule has 4 aromatic carbocycles. The fraction of sp³-hybridized carbons (Fsp3) is 0.0938. The van der Waals surface area contributed by atoms with Crippen LogP contribution in [0.3, 0.4) is 0 Å². The Kier molecular flexibility index (Phi) is 6.81. The third-order valence-corrected chi connectivity index (χ3v) is 6.93. The van der Waals surface area contributed by atoms with Crippen molar-refractivity contribution in [1.82, 2.24) is 9.80 Å². The molecule has 1 atom stereocenters. The second-order valence-corrected chi connectivity index (χ2v) is 9.60. The van der Waals surface area contributed by atoms with Crippen LogP contribution in [-0.2, 0) is 4.79 Å². The number of hydrogen-bond acceptors (Lipinski definition) is 8. The van der Waals surface area contributed by atoms with Gasteiger partial charge in [-0.25, -0.2) is 4.79 Å². The van der Waals surface area contributed by atoms with Crippen molar-refractivity contribution in [3.8, 4) is 22.6 Å². The molecular formula is C32H22N2O8. The number of carbonyl (C=O) groups excluding carboxylic acids is 5. The lowest BCUT2D eigenvalue weighted by Gasteiger charge is -2.19. The number of nitrogens with zero attached hydrogens (tertiary/aromatic N) is 2. The number of aliphatic hydroxyl groups excluding tert-OH is 1. The summed E-state index contributed by atoms with van der Waals surface area (Å²) in [5.74, 6) is -2.20. The van der Waals surface area contributed by atoms with E-state index in [1.807, 2.05) is 0 Å². The largest absolute Gasteiger partial charge is 0.463 e. The smallest absolute Gasteiger partial charge is 0.331 e. The number of β-amino-alcohol motifs (C(OH)–C–C–N with tert-alkyl or cyclic N) is 1. The zero-order chi connectivity index (χ0) is 29.4. The van der Waals surface area contributed by atoms with E-state index in [-0.39, 0.29) is 23.4 Å². The summed E-state index contributed by atoms with van der Waals surface area (Å²) in [5.41, 5.74) is 2.71. The number of benzene rings is 4. The molecule has 0 radical (unpaired) electrons. The highest BCUT2D eigenvalue weighted by Crippen LogP contribution is 2.27. The van der Waals surface area contributed by atoms with Gasteiger partial charge in [0.1, 0.15) is 18.0 Å². The van der Waals surface area contributed by atoms with E-state index < -0.39 is 42.4 Å². The molecule has 208 valence electrons. The molecule has 4 aromatic rings. The third-order valence-electron chi connectivity index (χ3n) is 6.93. The number of rotatable bonds is 8. The number of aliphatic hydroxyl groups is 1. The van der Waals surface area contributed by atoms with Crippen LogP contribution in [0.5, 0.6) is 11.5 Å². The quantitative estimate of drug-likeness (QED) is 0.149. The number of amides is 4. The molecule has 0 fully saturated rings. The number of esters is 1. The molecule has 10 heteroatoms. The lowest BCUT2D eigenvalue weighted by atomic mass is 10.1. The number of hydrogen-bond donors (Lipinski definition) is 1. The fourth-order valence-corrected chi connectivity index (χ4v) is 4.87. The van der Waals surface area contributed by atoms with Crippen LogP contribution in [-0.4, -0.2) is 63.9 Å². The minimum Gasteiger partial charge on any atom is -0.463 e. The SMILES string of the molecule is O=C(CN1C(=O)c2ccccc2C1=O)Oc1ccc(-c2ccc(OC(O)CN3C(=O)c4ccccc4C3=O)cc2)cc1. The van der Waals surface area contributed by atoms with Gasteiger partial charge in [0, 0.05) is 0 Å². The Hall–Kier alpha value is -5.61. The summed E-state index contributed by atoms with van der Waals surface area (Å²) in [5, 5.41) is 10.4. The molecule has 6 rings (SSSR count). The van der Waals surface area contributed by atoms with Crippen LogP contribution in [0.2, 0.25) is 0 Å². The predicted molar refractivity (Wildman–Crippen MR) is 148 cm³/mol. The van der Waals surface area contributed by atoms with Crippen LogP contribution < -0.4 is 9.47 Å². The van der Waals surface area contributed by atoms with Gasteiger partial charge in [0.05, 0.1) is 28.8 Å². The predicted octanol–water partition coefficient (Wildman–Crippen LogP) is 3.55. The Morgan fingerprint density at radius 1 is 0.595 bits per heavy atom. The van der Waals surface area contributed by atoms with Gasteiger partial charge in [-0.3, -0.25) is 29.0 Å². The van der Waals surface area contributed by atoms with Gasteiger partial charge < -0.3 is 14.6 Å². The summed E-state index contributed by atoms with van der Waals surface area (Å²) < 4.78 is 10.8. The topological polar surface area (TPSA) is 131 Å². The maximum Gasteiger partial charge on any atom is 0.331 e. The Labute approximate surface area is 239 Å². The lowest BCUT2D eigenvalue weighted by Crippen LogP contribution is -2.39. The summed E-state index contributed by atoms with van der Waals surface area (Å²) in [6, 6.07) is 26.3. The average molecular weight is 563 g/mol. The summed E-state index contributed by atoms with van der Waals surface area (Å²) in [6.07, 6.45) is -1.42. The van der Waals surface area contributed by atoms with Crippen LogP contribution in [0.1, 0.15) is 41.4 Å². The first kappa shape index (κ1) is 26.6. The zero-order valence-corrected chi connectivity index (χ0v) is 21.9. The summed E-state index contributed by atoms with van der Waals surface area (Å²) >= 11 is 0. The summed E-state index contributed by atoms with van der Waals surface area (Å²) in [6.45, 7) is -0.824. The van der Waals surface area contributed by atoms with Crippen LogP contribution in [0.15, 0.2) is 97.1 Å². The Morgan fingerprint density at radius 2 is 1.00 bits per heavy atom. The molecule has 1 N–H and O–H groups in total. The summed E-state index contributed by atoms with van der Waals surface area (Å²) in [7, 11) is 0. The molecule has 1 unspecified atom stereocenters. The normalized spacial score (nSPS) is 14.6. The van der Waals surface area contributed by atoms with Crippen LogP contribution >= 0.6 is 0 Å². The van der Waals surface area contributed by atoms with E-state index in [0.717, 1.165) is 20.9 Å². The zero-order valence-electron chi connectivity index (χ0n) is 21.9. The van der Waals surface area contributed by atoms with Gasteiger partial charge in [0.2, 0.25) is 6.29 Å². The van der Waals surface area contributed by atoms with Crippen molar-refractivity contribution in [2.75, 3.05) is 13.1 Å². The molecule has 0 spiro atoms. The van der Waals surface area contributed by atoms with E-state index in [1.165, 1.54) is 0 Å². The molecule has 0 saturated carbocycles. The summed E-state index contributed by atoms with van der Waals surface area (Å²) in [4.78, 5) is 64.2. The Morgan fingerprint density at radius 3 is 1.45 bits per heavy atom. The molecule has 2 heterocycles. The third kappa shape index (κ3) is 4.91.